The lowest BCUT2D eigenvalue weighted by Crippen LogP contribution is -2.48. The molecule has 0 spiro atoms. The molecule has 1 aliphatic rings. The van der Waals surface area contributed by atoms with Gasteiger partial charge in [0.25, 0.3) is 5.91 Å². The van der Waals surface area contributed by atoms with Gasteiger partial charge in [0.1, 0.15) is 10.8 Å². The Morgan fingerprint density at radius 2 is 1.85 bits per heavy atom. The lowest BCUT2D eigenvalue weighted by molar-refractivity contribution is -0.113. The summed E-state index contributed by atoms with van der Waals surface area (Å²) < 4.78 is 6.02. The van der Waals surface area contributed by atoms with Crippen LogP contribution in [0.25, 0.3) is 0 Å². The number of methoxy groups -OCH3 is 1. The molecule has 0 aliphatic carbocycles. The SMILES string of the molecule is COc1cccc(C(=O)N2CCN(c3ccc(NC(=O)CSc4nnc(C)s4)cc3)CC2)c1. The maximum atomic E-state index is 12.8. The molecule has 2 aromatic carbocycles. The van der Waals surface area contributed by atoms with E-state index in [1.165, 1.54) is 23.1 Å². The number of carbonyl (C=O) groups is 2. The number of amides is 2. The van der Waals surface area contributed by atoms with Crippen molar-refractivity contribution in [3.8, 4) is 5.75 Å². The summed E-state index contributed by atoms with van der Waals surface area (Å²) in [6, 6.07) is 15.1. The van der Waals surface area contributed by atoms with Gasteiger partial charge in [-0.2, -0.15) is 0 Å². The van der Waals surface area contributed by atoms with Crippen molar-refractivity contribution in [1.29, 1.82) is 0 Å². The van der Waals surface area contributed by atoms with E-state index in [0.29, 0.717) is 30.2 Å². The number of aryl methyl sites for hydroxylation is 1. The summed E-state index contributed by atoms with van der Waals surface area (Å²) in [5, 5.41) is 11.8. The molecule has 172 valence electrons. The van der Waals surface area contributed by atoms with Crippen molar-refractivity contribution in [2.45, 2.75) is 11.3 Å². The topological polar surface area (TPSA) is 87.7 Å². The van der Waals surface area contributed by atoms with Gasteiger partial charge in [-0.05, 0) is 49.4 Å². The Morgan fingerprint density at radius 1 is 1.09 bits per heavy atom. The molecule has 0 unspecified atom stereocenters. The second kappa shape index (κ2) is 10.7. The fourth-order valence-electron chi connectivity index (χ4n) is 3.52. The first kappa shape index (κ1) is 23.1. The second-order valence-corrected chi connectivity index (χ2v) is 9.89. The number of piperazine rings is 1. The number of benzene rings is 2. The molecule has 4 rings (SSSR count). The number of hydrogen-bond donors (Lipinski definition) is 1. The van der Waals surface area contributed by atoms with Gasteiger partial charge < -0.3 is 19.9 Å². The normalized spacial score (nSPS) is 13.6. The van der Waals surface area contributed by atoms with Crippen LogP contribution >= 0.6 is 23.1 Å². The Balaban J connectivity index is 1.26. The monoisotopic (exact) mass is 483 g/mol. The van der Waals surface area contributed by atoms with Crippen molar-refractivity contribution < 1.29 is 14.3 Å². The standard InChI is InChI=1S/C23H25N5O3S2/c1-16-25-26-23(33-16)32-15-21(29)24-18-6-8-19(9-7-18)27-10-12-28(13-11-27)22(30)17-4-3-5-20(14-17)31-2/h3-9,14H,10-13,15H2,1-2H3,(H,24,29). The first-order valence-corrected chi connectivity index (χ1v) is 12.3. The van der Waals surface area contributed by atoms with Crippen molar-refractivity contribution in [1.82, 2.24) is 15.1 Å². The molecule has 8 nitrogen and oxygen atoms in total. The van der Waals surface area contributed by atoms with Crippen LogP contribution in [-0.2, 0) is 4.79 Å². The lowest BCUT2D eigenvalue weighted by atomic mass is 10.1. The van der Waals surface area contributed by atoms with E-state index >= 15 is 0 Å². The number of thioether (sulfide) groups is 1. The number of aromatic nitrogens is 2. The van der Waals surface area contributed by atoms with E-state index in [-0.39, 0.29) is 11.8 Å². The highest BCUT2D eigenvalue weighted by atomic mass is 32.2. The third-order valence-electron chi connectivity index (χ3n) is 5.23. The molecule has 2 amide bonds. The van der Waals surface area contributed by atoms with Crippen molar-refractivity contribution in [3.63, 3.8) is 0 Å². The molecule has 1 fully saturated rings. The van der Waals surface area contributed by atoms with Crippen LogP contribution in [0, 0.1) is 6.92 Å². The first-order chi connectivity index (χ1) is 16.0. The van der Waals surface area contributed by atoms with E-state index in [0.717, 1.165) is 33.8 Å². The number of rotatable bonds is 7. The van der Waals surface area contributed by atoms with Gasteiger partial charge in [0.15, 0.2) is 4.34 Å². The van der Waals surface area contributed by atoms with Crippen LogP contribution in [-0.4, -0.2) is 66.0 Å². The molecule has 0 radical (unpaired) electrons. The Hall–Kier alpha value is -3.11. The highest BCUT2D eigenvalue weighted by Gasteiger charge is 2.22. The van der Waals surface area contributed by atoms with Crippen LogP contribution in [0.2, 0.25) is 0 Å². The van der Waals surface area contributed by atoms with Gasteiger partial charge in [0.2, 0.25) is 5.91 Å². The number of nitrogens with zero attached hydrogens (tertiary/aromatic N) is 4. The van der Waals surface area contributed by atoms with E-state index < -0.39 is 0 Å². The molecule has 0 atom stereocenters. The number of carbonyl (C=O) groups excluding carboxylic acids is 2. The van der Waals surface area contributed by atoms with Crippen LogP contribution in [0.5, 0.6) is 5.75 Å². The van der Waals surface area contributed by atoms with E-state index in [4.69, 9.17) is 4.74 Å². The predicted octanol–water partition coefficient (Wildman–Crippen LogP) is 3.55. The largest absolute Gasteiger partial charge is 0.497 e. The number of ether oxygens (including phenoxy) is 1. The predicted molar refractivity (Wildman–Crippen MR) is 132 cm³/mol. The Kier molecular flexibility index (Phi) is 7.46. The molecular formula is C23H25N5O3S2. The zero-order valence-corrected chi connectivity index (χ0v) is 20.1. The summed E-state index contributed by atoms with van der Waals surface area (Å²) in [5.74, 6) is 0.915. The number of hydrogen-bond acceptors (Lipinski definition) is 8. The average Bonchev–Trinajstić information content (AvgIpc) is 3.28. The van der Waals surface area contributed by atoms with E-state index in [2.05, 4.69) is 20.4 Å². The molecule has 3 aromatic rings. The fourth-order valence-corrected chi connectivity index (χ4v) is 5.14. The number of nitrogens with one attached hydrogen (secondary N) is 1. The lowest BCUT2D eigenvalue weighted by Gasteiger charge is -2.36. The summed E-state index contributed by atoms with van der Waals surface area (Å²) in [7, 11) is 1.60. The molecule has 33 heavy (non-hydrogen) atoms. The Morgan fingerprint density at radius 3 is 2.52 bits per heavy atom. The molecule has 1 aliphatic heterocycles. The van der Waals surface area contributed by atoms with Crippen LogP contribution in [0.15, 0.2) is 52.9 Å². The highest BCUT2D eigenvalue weighted by molar-refractivity contribution is 8.01. The van der Waals surface area contributed by atoms with Crippen LogP contribution < -0.4 is 15.0 Å². The van der Waals surface area contributed by atoms with E-state index in [9.17, 15) is 9.59 Å². The summed E-state index contributed by atoms with van der Waals surface area (Å²) in [4.78, 5) is 29.1. The fraction of sp³-hybridized carbons (Fsp3) is 0.304. The van der Waals surface area contributed by atoms with E-state index in [1.807, 2.05) is 54.3 Å². The molecule has 0 saturated carbocycles. The van der Waals surface area contributed by atoms with Gasteiger partial charge in [-0.25, -0.2) is 0 Å². The number of anilines is 2. The Bertz CT molecular complexity index is 1110. The second-order valence-electron chi connectivity index (χ2n) is 7.48. The highest BCUT2D eigenvalue weighted by Crippen LogP contribution is 2.23. The van der Waals surface area contributed by atoms with Crippen molar-refractivity contribution in [3.05, 3.63) is 59.1 Å². The molecular weight excluding hydrogens is 458 g/mol. The quantitative estimate of drug-likeness (QED) is 0.514. The van der Waals surface area contributed by atoms with Crippen molar-refractivity contribution in [2.75, 3.05) is 49.3 Å². The summed E-state index contributed by atoms with van der Waals surface area (Å²) in [6.07, 6.45) is 0. The van der Waals surface area contributed by atoms with Gasteiger partial charge in [-0.15, -0.1) is 10.2 Å². The van der Waals surface area contributed by atoms with Crippen molar-refractivity contribution in [2.24, 2.45) is 0 Å². The maximum Gasteiger partial charge on any atom is 0.254 e. The molecule has 2 heterocycles. The van der Waals surface area contributed by atoms with Crippen LogP contribution in [0.3, 0.4) is 0 Å². The summed E-state index contributed by atoms with van der Waals surface area (Å²) in [6.45, 7) is 4.69. The first-order valence-electron chi connectivity index (χ1n) is 10.5. The minimum atomic E-state index is -0.0785. The van der Waals surface area contributed by atoms with Crippen molar-refractivity contribution >= 4 is 46.3 Å². The Labute approximate surface area is 201 Å². The molecule has 1 N–H and O–H groups in total. The minimum Gasteiger partial charge on any atom is -0.497 e. The summed E-state index contributed by atoms with van der Waals surface area (Å²) in [5.41, 5.74) is 2.46. The zero-order chi connectivity index (χ0) is 23.2. The van der Waals surface area contributed by atoms with Gasteiger partial charge in [-0.3, -0.25) is 9.59 Å². The zero-order valence-electron chi connectivity index (χ0n) is 18.5. The van der Waals surface area contributed by atoms with Gasteiger partial charge in [0.05, 0.1) is 12.9 Å². The smallest absolute Gasteiger partial charge is 0.254 e. The van der Waals surface area contributed by atoms with Gasteiger partial charge in [0, 0.05) is 43.1 Å². The molecule has 1 aromatic heterocycles. The maximum absolute atomic E-state index is 12.8. The third-order valence-corrected chi connectivity index (χ3v) is 7.21. The molecule has 0 bridgehead atoms. The average molecular weight is 484 g/mol. The van der Waals surface area contributed by atoms with Crippen LogP contribution in [0.4, 0.5) is 11.4 Å². The minimum absolute atomic E-state index is 0.0215. The van der Waals surface area contributed by atoms with Crippen LogP contribution in [0.1, 0.15) is 15.4 Å². The molecule has 10 heteroatoms. The van der Waals surface area contributed by atoms with Gasteiger partial charge >= 0.3 is 0 Å². The van der Waals surface area contributed by atoms with Gasteiger partial charge in [-0.1, -0.05) is 29.2 Å². The third kappa shape index (κ3) is 6.02. The summed E-state index contributed by atoms with van der Waals surface area (Å²) >= 11 is 2.86. The van der Waals surface area contributed by atoms with E-state index in [1.54, 1.807) is 13.2 Å². The molecule has 1 saturated heterocycles.